The first kappa shape index (κ1) is 15.6. The average Bonchev–Trinajstić information content (AvgIpc) is 2.35. The number of nitrogens with one attached hydrogen (secondary N) is 1. The van der Waals surface area contributed by atoms with Crippen LogP contribution in [0.3, 0.4) is 0 Å². The van der Waals surface area contributed by atoms with Crippen LogP contribution < -0.4 is 5.32 Å². The van der Waals surface area contributed by atoms with E-state index in [4.69, 9.17) is 0 Å². The highest BCUT2D eigenvalue weighted by molar-refractivity contribution is 8.00. The van der Waals surface area contributed by atoms with Gasteiger partial charge in [-0.2, -0.15) is 0 Å². The van der Waals surface area contributed by atoms with E-state index < -0.39 is 0 Å². The zero-order chi connectivity index (χ0) is 13.5. The monoisotopic (exact) mass is 265 g/mol. The van der Waals surface area contributed by atoms with Gasteiger partial charge in [0, 0.05) is 22.7 Å². The molecule has 0 aromatic heterocycles. The Hall–Kier alpha value is -0.470. The maximum absolute atomic E-state index is 3.65. The second kappa shape index (κ2) is 7.85. The van der Waals surface area contributed by atoms with Crippen molar-refractivity contribution in [3.8, 4) is 0 Å². The third-order valence-corrected chi connectivity index (χ3v) is 4.61. The molecular formula is C16H27NS. The molecule has 1 aromatic rings. The molecule has 1 rings (SSSR count). The quantitative estimate of drug-likeness (QED) is 0.725. The van der Waals surface area contributed by atoms with Crippen molar-refractivity contribution in [2.45, 2.75) is 63.6 Å². The molecular weight excluding hydrogens is 238 g/mol. The minimum atomic E-state index is 0.617. The zero-order valence-corrected chi connectivity index (χ0v) is 13.2. The van der Waals surface area contributed by atoms with Crippen LogP contribution in [-0.2, 0) is 0 Å². The van der Waals surface area contributed by atoms with E-state index in [0.29, 0.717) is 11.3 Å². The Balaban J connectivity index is 2.48. The summed E-state index contributed by atoms with van der Waals surface area (Å²) in [6.45, 7) is 12.3. The Kier molecular flexibility index (Phi) is 6.80. The highest BCUT2D eigenvalue weighted by Crippen LogP contribution is 2.27. The zero-order valence-electron chi connectivity index (χ0n) is 12.4. The molecule has 0 saturated carbocycles. The standard InChI is InChI=1S/C16H27NS/c1-6-15(7-2)17-11-14(5)18-16-10-12(3)8-9-13(16)4/h8-10,14-15,17H,6-7,11H2,1-5H3. The molecule has 0 amide bonds. The van der Waals surface area contributed by atoms with Crippen molar-refractivity contribution in [1.29, 1.82) is 0 Å². The van der Waals surface area contributed by atoms with E-state index in [1.165, 1.54) is 28.9 Å². The van der Waals surface area contributed by atoms with E-state index in [1.54, 1.807) is 0 Å². The minimum absolute atomic E-state index is 0.617. The van der Waals surface area contributed by atoms with Crippen LogP contribution in [0.5, 0.6) is 0 Å². The molecule has 0 bridgehead atoms. The summed E-state index contributed by atoms with van der Waals surface area (Å²) in [5, 5.41) is 4.27. The van der Waals surface area contributed by atoms with Crippen LogP contribution in [0.2, 0.25) is 0 Å². The van der Waals surface area contributed by atoms with E-state index in [2.05, 4.69) is 58.1 Å². The van der Waals surface area contributed by atoms with Gasteiger partial charge in [0.2, 0.25) is 0 Å². The van der Waals surface area contributed by atoms with Crippen molar-refractivity contribution in [2.24, 2.45) is 0 Å². The molecule has 2 heteroatoms. The molecule has 0 aliphatic rings. The van der Waals surface area contributed by atoms with Gasteiger partial charge in [-0.15, -0.1) is 11.8 Å². The lowest BCUT2D eigenvalue weighted by Crippen LogP contribution is -2.32. The van der Waals surface area contributed by atoms with Crippen molar-refractivity contribution in [3.63, 3.8) is 0 Å². The SMILES string of the molecule is CCC(CC)NCC(C)Sc1cc(C)ccc1C. The van der Waals surface area contributed by atoms with E-state index >= 15 is 0 Å². The molecule has 1 N–H and O–H groups in total. The number of thioether (sulfide) groups is 1. The summed E-state index contributed by atoms with van der Waals surface area (Å²) in [5.41, 5.74) is 2.74. The molecule has 18 heavy (non-hydrogen) atoms. The molecule has 0 spiro atoms. The maximum atomic E-state index is 3.65. The molecule has 0 fully saturated rings. The molecule has 1 atom stereocenters. The summed E-state index contributed by atoms with van der Waals surface area (Å²) in [7, 11) is 0. The van der Waals surface area contributed by atoms with Gasteiger partial charge in [0.1, 0.15) is 0 Å². The fraction of sp³-hybridized carbons (Fsp3) is 0.625. The van der Waals surface area contributed by atoms with Gasteiger partial charge in [0.05, 0.1) is 0 Å². The van der Waals surface area contributed by atoms with Crippen LogP contribution in [0.1, 0.15) is 44.7 Å². The fourth-order valence-corrected chi connectivity index (χ4v) is 3.12. The summed E-state index contributed by atoms with van der Waals surface area (Å²) in [6.07, 6.45) is 2.44. The Morgan fingerprint density at radius 3 is 2.44 bits per heavy atom. The van der Waals surface area contributed by atoms with Gasteiger partial charge in [-0.3, -0.25) is 0 Å². The van der Waals surface area contributed by atoms with Gasteiger partial charge < -0.3 is 5.32 Å². The molecule has 0 aliphatic carbocycles. The summed E-state index contributed by atoms with van der Waals surface area (Å²) < 4.78 is 0. The second-order valence-electron chi connectivity index (χ2n) is 5.12. The number of benzene rings is 1. The van der Waals surface area contributed by atoms with E-state index in [9.17, 15) is 0 Å². The van der Waals surface area contributed by atoms with Gasteiger partial charge in [-0.25, -0.2) is 0 Å². The molecule has 0 aliphatic heterocycles. The predicted octanol–water partition coefficient (Wildman–Crippen LogP) is 4.56. The summed E-state index contributed by atoms with van der Waals surface area (Å²) in [6, 6.07) is 7.38. The van der Waals surface area contributed by atoms with E-state index in [1.807, 2.05) is 11.8 Å². The summed E-state index contributed by atoms with van der Waals surface area (Å²) >= 11 is 1.98. The predicted molar refractivity (Wildman–Crippen MR) is 83.6 cm³/mol. The van der Waals surface area contributed by atoms with E-state index in [-0.39, 0.29) is 0 Å². The third kappa shape index (κ3) is 5.03. The highest BCUT2D eigenvalue weighted by Gasteiger charge is 2.09. The van der Waals surface area contributed by atoms with Crippen LogP contribution >= 0.6 is 11.8 Å². The van der Waals surface area contributed by atoms with Gasteiger partial charge >= 0.3 is 0 Å². The van der Waals surface area contributed by atoms with Gasteiger partial charge in [0.25, 0.3) is 0 Å². The number of hydrogen-bond donors (Lipinski definition) is 1. The molecule has 1 unspecified atom stereocenters. The Bertz CT molecular complexity index is 358. The molecule has 0 saturated heterocycles. The van der Waals surface area contributed by atoms with Crippen LogP contribution in [-0.4, -0.2) is 17.8 Å². The molecule has 1 nitrogen and oxygen atoms in total. The van der Waals surface area contributed by atoms with Gasteiger partial charge in [-0.1, -0.05) is 38.5 Å². The van der Waals surface area contributed by atoms with Crippen molar-refractivity contribution < 1.29 is 0 Å². The normalized spacial score (nSPS) is 13.0. The first-order valence-corrected chi connectivity index (χ1v) is 7.92. The molecule has 0 heterocycles. The second-order valence-corrected chi connectivity index (χ2v) is 6.60. The lowest BCUT2D eigenvalue weighted by atomic mass is 10.2. The number of aryl methyl sites for hydroxylation is 2. The molecule has 1 aromatic carbocycles. The Labute approximate surface area is 117 Å². The Morgan fingerprint density at radius 2 is 1.83 bits per heavy atom. The lowest BCUT2D eigenvalue weighted by molar-refractivity contribution is 0.488. The first-order chi connectivity index (χ1) is 8.56. The number of hydrogen-bond acceptors (Lipinski definition) is 2. The lowest BCUT2D eigenvalue weighted by Gasteiger charge is -2.19. The van der Waals surface area contributed by atoms with E-state index in [0.717, 1.165) is 6.54 Å². The van der Waals surface area contributed by atoms with Crippen LogP contribution in [0.4, 0.5) is 0 Å². The number of rotatable bonds is 7. The van der Waals surface area contributed by atoms with Crippen LogP contribution in [0.15, 0.2) is 23.1 Å². The summed E-state index contributed by atoms with van der Waals surface area (Å²) in [4.78, 5) is 1.42. The molecule has 102 valence electrons. The van der Waals surface area contributed by atoms with Crippen molar-refractivity contribution in [3.05, 3.63) is 29.3 Å². The van der Waals surface area contributed by atoms with Crippen molar-refractivity contribution in [2.75, 3.05) is 6.54 Å². The average molecular weight is 265 g/mol. The Morgan fingerprint density at radius 1 is 1.17 bits per heavy atom. The first-order valence-electron chi connectivity index (χ1n) is 7.04. The van der Waals surface area contributed by atoms with Crippen LogP contribution in [0, 0.1) is 13.8 Å². The topological polar surface area (TPSA) is 12.0 Å². The van der Waals surface area contributed by atoms with Crippen molar-refractivity contribution >= 4 is 11.8 Å². The van der Waals surface area contributed by atoms with Crippen molar-refractivity contribution in [1.82, 2.24) is 5.32 Å². The third-order valence-electron chi connectivity index (χ3n) is 3.35. The fourth-order valence-electron chi connectivity index (χ4n) is 2.00. The highest BCUT2D eigenvalue weighted by atomic mass is 32.2. The maximum Gasteiger partial charge on any atom is 0.0191 e. The molecule has 0 radical (unpaired) electrons. The van der Waals surface area contributed by atoms with Gasteiger partial charge in [0.15, 0.2) is 0 Å². The largest absolute Gasteiger partial charge is 0.313 e. The smallest absolute Gasteiger partial charge is 0.0191 e. The minimum Gasteiger partial charge on any atom is -0.313 e. The summed E-state index contributed by atoms with van der Waals surface area (Å²) in [5.74, 6) is 0. The van der Waals surface area contributed by atoms with Gasteiger partial charge in [-0.05, 0) is 38.3 Å². The van der Waals surface area contributed by atoms with Crippen LogP contribution in [0.25, 0.3) is 0 Å².